The Hall–Kier alpha value is -3.84. The summed E-state index contributed by atoms with van der Waals surface area (Å²) in [6.07, 6.45) is 0. The van der Waals surface area contributed by atoms with Crippen molar-refractivity contribution in [1.29, 1.82) is 0 Å². The van der Waals surface area contributed by atoms with Gasteiger partial charge in [-0.05, 0) is 27.7 Å². The fourth-order valence-corrected chi connectivity index (χ4v) is 1.66. The molecule has 0 aliphatic rings. The van der Waals surface area contributed by atoms with E-state index in [2.05, 4.69) is 9.98 Å². The van der Waals surface area contributed by atoms with Crippen LogP contribution in [-0.4, -0.2) is 43.6 Å². The van der Waals surface area contributed by atoms with Gasteiger partial charge >= 0.3 is 11.4 Å². The number of nitro benzene ring substituents is 3. The van der Waals surface area contributed by atoms with Crippen molar-refractivity contribution < 1.29 is 19.9 Å². The number of benzene rings is 1. The van der Waals surface area contributed by atoms with Crippen LogP contribution in [0.1, 0.15) is 27.7 Å². The number of nitro groups is 3. The summed E-state index contributed by atoms with van der Waals surface area (Å²) >= 11 is 0. The second-order valence-electron chi connectivity index (χ2n) is 5.82. The molecule has 1 aromatic carbocycles. The average Bonchev–Trinajstić information content (AvgIpc) is 2.53. The number of nitrogens with zero attached hydrogens (tertiary/aromatic N) is 5. The molecule has 0 spiro atoms. The van der Waals surface area contributed by atoms with Crippen molar-refractivity contribution in [1.82, 2.24) is 0 Å². The molecule has 1 rings (SSSR count). The van der Waals surface area contributed by atoms with Gasteiger partial charge in [0.1, 0.15) is 0 Å². The number of hydrogen-bond donors (Lipinski definition) is 3. The van der Waals surface area contributed by atoms with Crippen molar-refractivity contribution in [3.05, 3.63) is 42.5 Å². The summed E-state index contributed by atoms with van der Waals surface area (Å²) in [4.78, 5) is 35.9. The maximum absolute atomic E-state index is 10.4. The summed E-state index contributed by atoms with van der Waals surface area (Å²) in [6.45, 7) is 7.76. The summed E-state index contributed by atoms with van der Waals surface area (Å²) in [6, 6.07) is 1.21. The molecule has 14 nitrogen and oxygen atoms in total. The Labute approximate surface area is 159 Å². The van der Waals surface area contributed by atoms with E-state index in [0.29, 0.717) is 23.8 Å². The normalized spacial score (nSPS) is 11.8. The molecule has 1 aromatic rings. The monoisotopic (exact) mass is 399 g/mol. The molecule has 0 radical (unpaired) electrons. The van der Waals surface area contributed by atoms with Crippen molar-refractivity contribution >= 4 is 28.7 Å². The van der Waals surface area contributed by atoms with Crippen LogP contribution in [0.4, 0.5) is 17.1 Å². The summed E-state index contributed by atoms with van der Waals surface area (Å²) in [5, 5.41) is 40.2. The van der Waals surface area contributed by atoms with Crippen LogP contribution in [0.5, 0.6) is 5.75 Å². The molecular weight excluding hydrogens is 378 g/mol. The zero-order valence-electron chi connectivity index (χ0n) is 15.6. The molecule has 0 fully saturated rings. The van der Waals surface area contributed by atoms with E-state index >= 15 is 0 Å². The minimum atomic E-state index is -1.21. The second kappa shape index (κ2) is 10.3. The number of hydrogen-bond acceptors (Lipinski definition) is 9. The number of rotatable bonds is 5. The van der Waals surface area contributed by atoms with Crippen LogP contribution in [0.25, 0.3) is 0 Å². The molecule has 0 saturated heterocycles. The first kappa shape index (κ1) is 24.2. The summed E-state index contributed by atoms with van der Waals surface area (Å²) in [5.41, 5.74) is 8.12. The number of aromatic hydroxyl groups is 1. The number of non-ortho nitro benzene ring substituents is 1. The molecule has 0 atom stereocenters. The zero-order valence-corrected chi connectivity index (χ0v) is 15.6. The van der Waals surface area contributed by atoms with Crippen molar-refractivity contribution in [3.63, 3.8) is 0 Å². The van der Waals surface area contributed by atoms with Crippen LogP contribution in [0.3, 0.4) is 0 Å². The number of nitrogens with two attached hydrogens (primary N) is 2. The number of phenolic OH excluding ortho intramolecular Hbond substituents is 1. The summed E-state index contributed by atoms with van der Waals surface area (Å²) in [5.74, 6) is -0.544. The lowest BCUT2D eigenvalue weighted by Gasteiger charge is -2.03. The standard InChI is InChI=1S/C8H18N4.C6H3N3O7/c1-5(2)11-7(9)8(10)12-6(3)4;10-6-4(8(13)14)1-3(7(11)12)2-5(6)9(15)16/h5-6H,1-4H3,(H2,9,11)(H2,10,12);1-2,10H. The van der Waals surface area contributed by atoms with E-state index in [9.17, 15) is 30.3 Å². The molecule has 28 heavy (non-hydrogen) atoms. The zero-order chi connectivity index (χ0) is 22.2. The first-order valence-corrected chi connectivity index (χ1v) is 7.74. The largest absolute Gasteiger partial charge is 0.497 e. The minimum absolute atomic E-state index is 0.158. The Balaban J connectivity index is 0.000000546. The SMILES string of the molecule is CC(C)N=C(N)C(N)=NC(C)C.O=[N+]([O-])c1cc([N+](=O)[O-])c(O)c([N+](=O)[O-])c1. The van der Waals surface area contributed by atoms with Crippen LogP contribution in [0.2, 0.25) is 0 Å². The third-order valence-corrected chi connectivity index (χ3v) is 2.72. The van der Waals surface area contributed by atoms with Crippen molar-refractivity contribution in [2.75, 3.05) is 0 Å². The predicted octanol–water partition coefficient (Wildman–Crippen LogP) is 1.63. The van der Waals surface area contributed by atoms with Crippen LogP contribution >= 0.6 is 0 Å². The number of amidine groups is 2. The van der Waals surface area contributed by atoms with E-state index in [4.69, 9.17) is 16.6 Å². The average molecular weight is 399 g/mol. The first-order valence-electron chi connectivity index (χ1n) is 7.74. The fourth-order valence-electron chi connectivity index (χ4n) is 1.66. The molecule has 0 aliphatic carbocycles. The Morgan fingerprint density at radius 1 is 0.857 bits per heavy atom. The van der Waals surface area contributed by atoms with Crippen LogP contribution in [0.15, 0.2) is 22.1 Å². The Morgan fingerprint density at radius 2 is 1.18 bits per heavy atom. The maximum Gasteiger partial charge on any atom is 0.324 e. The van der Waals surface area contributed by atoms with Crippen molar-refractivity contribution in [2.24, 2.45) is 21.5 Å². The third-order valence-electron chi connectivity index (χ3n) is 2.72. The predicted molar refractivity (Wildman–Crippen MR) is 102 cm³/mol. The van der Waals surface area contributed by atoms with Gasteiger partial charge in [0.05, 0.1) is 26.9 Å². The van der Waals surface area contributed by atoms with Crippen molar-refractivity contribution in [3.8, 4) is 5.75 Å². The van der Waals surface area contributed by atoms with Gasteiger partial charge in [0.2, 0.25) is 0 Å². The van der Waals surface area contributed by atoms with Gasteiger partial charge in [-0.2, -0.15) is 0 Å². The van der Waals surface area contributed by atoms with Gasteiger partial charge in [-0.3, -0.25) is 40.3 Å². The minimum Gasteiger partial charge on any atom is -0.497 e. The van der Waals surface area contributed by atoms with Crippen molar-refractivity contribution in [2.45, 2.75) is 39.8 Å². The summed E-state index contributed by atoms with van der Waals surface area (Å²) in [7, 11) is 0. The molecule has 5 N–H and O–H groups in total. The van der Waals surface area contributed by atoms with Gasteiger partial charge in [-0.1, -0.05) is 0 Å². The van der Waals surface area contributed by atoms with E-state index in [1.54, 1.807) is 0 Å². The smallest absolute Gasteiger partial charge is 0.324 e. The van der Waals surface area contributed by atoms with Gasteiger partial charge in [-0.15, -0.1) is 0 Å². The Bertz CT molecular complexity index is 761. The van der Waals surface area contributed by atoms with E-state index in [-0.39, 0.29) is 12.1 Å². The molecule has 0 saturated carbocycles. The number of aliphatic imine (C=N–C) groups is 2. The van der Waals surface area contributed by atoms with Gasteiger partial charge in [0.25, 0.3) is 11.4 Å². The molecule has 0 heterocycles. The van der Waals surface area contributed by atoms with E-state index < -0.39 is 37.6 Å². The molecule has 0 amide bonds. The van der Waals surface area contributed by atoms with Crippen LogP contribution in [0, 0.1) is 30.3 Å². The molecular formula is C14H21N7O7. The number of phenols is 1. The highest BCUT2D eigenvalue weighted by Crippen LogP contribution is 2.38. The maximum atomic E-state index is 10.4. The van der Waals surface area contributed by atoms with E-state index in [0.717, 1.165) is 0 Å². The van der Waals surface area contributed by atoms with Crippen LogP contribution < -0.4 is 11.5 Å². The van der Waals surface area contributed by atoms with Gasteiger partial charge in [-0.25, -0.2) is 0 Å². The topological polar surface area (TPSA) is 226 Å². The second-order valence-corrected chi connectivity index (χ2v) is 5.82. The lowest BCUT2D eigenvalue weighted by atomic mass is 10.2. The van der Waals surface area contributed by atoms with E-state index in [1.165, 1.54) is 0 Å². The Morgan fingerprint density at radius 3 is 1.39 bits per heavy atom. The lowest BCUT2D eigenvalue weighted by molar-refractivity contribution is -0.404. The van der Waals surface area contributed by atoms with Gasteiger partial charge in [0, 0.05) is 12.1 Å². The highest BCUT2D eigenvalue weighted by molar-refractivity contribution is 6.39. The van der Waals surface area contributed by atoms with Crippen LogP contribution in [-0.2, 0) is 0 Å². The molecule has 154 valence electrons. The molecule has 0 aromatic heterocycles. The van der Waals surface area contributed by atoms with Gasteiger partial charge in [0.15, 0.2) is 11.7 Å². The molecule has 0 aliphatic heterocycles. The fraction of sp³-hybridized carbons (Fsp3) is 0.429. The molecule has 0 bridgehead atoms. The first-order chi connectivity index (χ1) is 12.8. The van der Waals surface area contributed by atoms with Gasteiger partial charge < -0.3 is 16.6 Å². The Kier molecular flexibility index (Phi) is 8.92. The molecule has 0 unspecified atom stereocenters. The quantitative estimate of drug-likeness (QED) is 0.282. The van der Waals surface area contributed by atoms with E-state index in [1.807, 2.05) is 27.7 Å². The highest BCUT2D eigenvalue weighted by atomic mass is 16.6. The molecule has 14 heteroatoms. The third kappa shape index (κ3) is 7.59. The lowest BCUT2D eigenvalue weighted by Crippen LogP contribution is -2.33. The highest BCUT2D eigenvalue weighted by Gasteiger charge is 2.30. The summed E-state index contributed by atoms with van der Waals surface area (Å²) < 4.78 is 0.